The lowest BCUT2D eigenvalue weighted by Crippen LogP contribution is -2.48. The Morgan fingerprint density at radius 1 is 0.917 bits per heavy atom. The summed E-state index contributed by atoms with van der Waals surface area (Å²) in [5.41, 5.74) is 3.89. The third-order valence-corrected chi connectivity index (χ3v) is 10.4. The number of halogens is 4. The molecule has 0 saturated carbocycles. The Balaban J connectivity index is 1.25. The predicted octanol–water partition coefficient (Wildman–Crippen LogP) is 7.36. The number of thioether (sulfide) groups is 1. The van der Waals surface area contributed by atoms with Crippen molar-refractivity contribution in [2.24, 2.45) is 0 Å². The molecule has 0 spiro atoms. The Morgan fingerprint density at radius 3 is 2.17 bits per heavy atom. The van der Waals surface area contributed by atoms with Crippen molar-refractivity contribution in [3.05, 3.63) is 117 Å². The minimum atomic E-state index is -4.39. The molecule has 1 aliphatic carbocycles. The number of alkyl halides is 3. The summed E-state index contributed by atoms with van der Waals surface area (Å²) in [6, 6.07) is 19.0. The van der Waals surface area contributed by atoms with E-state index in [0.717, 1.165) is 73.4 Å². The SMILES string of the molecule is CCN1CCC(N(Cc2ccc(-c3ccc(C(F)(F)F)cc3)cc2)C(=O)Cn2c(SCc3ccc(F)cc3)nc(=O)c3c2CCC3)CC1. The average Bonchev–Trinajstić information content (AvgIpc) is 3.59. The monoisotopic (exact) mass is 678 g/mol. The van der Waals surface area contributed by atoms with Crippen LogP contribution in [0.4, 0.5) is 17.6 Å². The lowest BCUT2D eigenvalue weighted by Gasteiger charge is -2.38. The molecule has 6 nitrogen and oxygen atoms in total. The zero-order chi connectivity index (χ0) is 33.8. The number of rotatable bonds is 10. The smallest absolute Gasteiger partial charge is 0.334 e. The van der Waals surface area contributed by atoms with Gasteiger partial charge < -0.3 is 14.4 Å². The Kier molecular flexibility index (Phi) is 10.4. The molecule has 3 aromatic carbocycles. The van der Waals surface area contributed by atoms with Gasteiger partial charge in [-0.05, 0) is 85.2 Å². The van der Waals surface area contributed by atoms with Crippen LogP contribution in [0, 0.1) is 5.82 Å². The molecule has 1 saturated heterocycles. The van der Waals surface area contributed by atoms with Crippen molar-refractivity contribution >= 4 is 17.7 Å². The van der Waals surface area contributed by atoms with Gasteiger partial charge in [0.05, 0.1) is 5.56 Å². The number of carbonyl (C=O) groups is 1. The number of fused-ring (bicyclic) bond motifs is 1. The number of piperidine rings is 1. The molecule has 11 heteroatoms. The molecule has 1 aliphatic heterocycles. The molecule has 252 valence electrons. The Hall–Kier alpha value is -3.96. The molecule has 0 atom stereocenters. The molecule has 1 aromatic heterocycles. The molecule has 0 bridgehead atoms. The first kappa shape index (κ1) is 33.9. The number of nitrogens with zero attached hydrogens (tertiary/aromatic N) is 4. The van der Waals surface area contributed by atoms with E-state index in [4.69, 9.17) is 0 Å². The number of benzene rings is 3. The van der Waals surface area contributed by atoms with Crippen molar-refractivity contribution in [1.82, 2.24) is 19.4 Å². The first-order chi connectivity index (χ1) is 23.1. The predicted molar refractivity (Wildman–Crippen MR) is 179 cm³/mol. The fraction of sp³-hybridized carbons (Fsp3) is 0.378. The summed E-state index contributed by atoms with van der Waals surface area (Å²) in [7, 11) is 0. The van der Waals surface area contributed by atoms with Crippen LogP contribution in [0.25, 0.3) is 11.1 Å². The summed E-state index contributed by atoms with van der Waals surface area (Å²) < 4.78 is 54.6. The van der Waals surface area contributed by atoms with E-state index in [0.29, 0.717) is 41.4 Å². The van der Waals surface area contributed by atoms with Gasteiger partial charge >= 0.3 is 6.18 Å². The number of hydrogen-bond acceptors (Lipinski definition) is 5. The van der Waals surface area contributed by atoms with Gasteiger partial charge in [-0.1, -0.05) is 67.2 Å². The van der Waals surface area contributed by atoms with E-state index in [1.807, 2.05) is 33.7 Å². The van der Waals surface area contributed by atoms with E-state index in [9.17, 15) is 27.2 Å². The van der Waals surface area contributed by atoms with Gasteiger partial charge in [0.1, 0.15) is 12.4 Å². The van der Waals surface area contributed by atoms with E-state index in [2.05, 4.69) is 16.8 Å². The maximum Gasteiger partial charge on any atom is 0.416 e. The number of aromatic nitrogens is 2. The van der Waals surface area contributed by atoms with Crippen molar-refractivity contribution in [2.75, 3.05) is 19.6 Å². The van der Waals surface area contributed by atoms with E-state index < -0.39 is 11.7 Å². The Bertz CT molecular complexity index is 1780. The highest BCUT2D eigenvalue weighted by Gasteiger charge is 2.31. The van der Waals surface area contributed by atoms with Crippen LogP contribution in [0.3, 0.4) is 0 Å². The largest absolute Gasteiger partial charge is 0.416 e. The second kappa shape index (κ2) is 14.7. The third-order valence-electron chi connectivity index (χ3n) is 9.39. The van der Waals surface area contributed by atoms with Gasteiger partial charge in [0.15, 0.2) is 5.16 Å². The lowest BCUT2D eigenvalue weighted by molar-refractivity contribution is -0.138. The first-order valence-electron chi connectivity index (χ1n) is 16.4. The lowest BCUT2D eigenvalue weighted by atomic mass is 10.00. The average molecular weight is 679 g/mol. The number of likely N-dealkylation sites (tertiary alicyclic amines) is 1. The number of amides is 1. The summed E-state index contributed by atoms with van der Waals surface area (Å²) in [5, 5.41) is 0.486. The minimum Gasteiger partial charge on any atom is -0.334 e. The van der Waals surface area contributed by atoms with Crippen LogP contribution in [-0.4, -0.2) is 50.9 Å². The summed E-state index contributed by atoms with van der Waals surface area (Å²) in [5.74, 6) is 0.102. The van der Waals surface area contributed by atoms with Crippen molar-refractivity contribution < 1.29 is 22.4 Å². The molecule has 0 unspecified atom stereocenters. The normalized spacial score (nSPS) is 15.4. The van der Waals surface area contributed by atoms with Crippen molar-refractivity contribution in [3.63, 3.8) is 0 Å². The molecule has 4 aromatic rings. The topological polar surface area (TPSA) is 58.4 Å². The number of carbonyl (C=O) groups excluding carboxylic acids is 1. The molecule has 0 radical (unpaired) electrons. The molecule has 1 fully saturated rings. The van der Waals surface area contributed by atoms with Crippen LogP contribution >= 0.6 is 11.8 Å². The van der Waals surface area contributed by atoms with Gasteiger partial charge in [-0.2, -0.15) is 18.2 Å². The molecular weight excluding hydrogens is 640 g/mol. The summed E-state index contributed by atoms with van der Waals surface area (Å²) in [6.07, 6.45) is -0.532. The fourth-order valence-electron chi connectivity index (χ4n) is 6.63. The second-order valence-corrected chi connectivity index (χ2v) is 13.4. The number of hydrogen-bond donors (Lipinski definition) is 0. The van der Waals surface area contributed by atoms with Crippen molar-refractivity contribution in [1.29, 1.82) is 0 Å². The van der Waals surface area contributed by atoms with Crippen LogP contribution in [-0.2, 0) is 42.7 Å². The van der Waals surface area contributed by atoms with Gasteiger partial charge in [0.25, 0.3) is 5.56 Å². The maximum absolute atomic E-state index is 14.4. The highest BCUT2D eigenvalue weighted by atomic mass is 32.2. The van der Waals surface area contributed by atoms with Crippen molar-refractivity contribution in [3.8, 4) is 11.1 Å². The molecule has 6 rings (SSSR count). The van der Waals surface area contributed by atoms with Crippen molar-refractivity contribution in [2.45, 2.75) is 75.2 Å². The Morgan fingerprint density at radius 2 is 1.54 bits per heavy atom. The van der Waals surface area contributed by atoms with Gasteiger partial charge in [0.2, 0.25) is 5.91 Å². The highest BCUT2D eigenvalue weighted by molar-refractivity contribution is 7.98. The van der Waals surface area contributed by atoms with Crippen LogP contribution in [0.15, 0.2) is 82.7 Å². The molecule has 2 aliphatic rings. The maximum atomic E-state index is 14.4. The van der Waals surface area contributed by atoms with Crippen LogP contribution in [0.1, 0.15) is 54.1 Å². The Labute approximate surface area is 281 Å². The van der Waals surface area contributed by atoms with Gasteiger partial charge in [-0.25, -0.2) is 4.39 Å². The molecular formula is C37H38F4N4O2S. The fourth-order valence-corrected chi connectivity index (χ4v) is 7.60. The zero-order valence-electron chi connectivity index (χ0n) is 26.8. The van der Waals surface area contributed by atoms with Crippen LogP contribution < -0.4 is 5.56 Å². The van der Waals surface area contributed by atoms with E-state index >= 15 is 0 Å². The van der Waals surface area contributed by atoms with Crippen LogP contribution in [0.5, 0.6) is 0 Å². The quantitative estimate of drug-likeness (QED) is 0.0997. The molecule has 2 heterocycles. The van der Waals surface area contributed by atoms with E-state index in [-0.39, 0.29) is 29.9 Å². The molecule has 0 N–H and O–H groups in total. The standard InChI is InChI=1S/C37H38F4N4O2S/c1-2-43-20-18-31(19-21-43)44(22-25-6-10-27(11-7-25)28-12-14-29(15-13-28)37(39,40)41)34(46)23-45-33-5-3-4-32(33)35(47)42-36(45)48-24-26-8-16-30(38)17-9-26/h6-17,31H,2-5,18-24H2,1H3. The van der Waals surface area contributed by atoms with Gasteiger partial charge in [-0.15, -0.1) is 0 Å². The summed E-state index contributed by atoms with van der Waals surface area (Å²) in [6.45, 7) is 5.32. The third kappa shape index (κ3) is 7.84. The van der Waals surface area contributed by atoms with E-state index in [1.165, 1.54) is 36.0 Å². The minimum absolute atomic E-state index is 0.0330. The molecule has 1 amide bonds. The second-order valence-electron chi connectivity index (χ2n) is 12.4. The zero-order valence-corrected chi connectivity index (χ0v) is 27.6. The highest BCUT2D eigenvalue weighted by Crippen LogP contribution is 2.32. The van der Waals surface area contributed by atoms with Crippen LogP contribution in [0.2, 0.25) is 0 Å². The summed E-state index contributed by atoms with van der Waals surface area (Å²) in [4.78, 5) is 36.1. The molecule has 48 heavy (non-hydrogen) atoms. The van der Waals surface area contributed by atoms with Gasteiger partial charge in [0, 0.05) is 42.7 Å². The van der Waals surface area contributed by atoms with E-state index in [1.54, 1.807) is 12.1 Å². The van der Waals surface area contributed by atoms with Gasteiger partial charge in [-0.3, -0.25) is 9.59 Å². The summed E-state index contributed by atoms with van der Waals surface area (Å²) >= 11 is 1.37. The first-order valence-corrected chi connectivity index (χ1v) is 17.4.